The summed E-state index contributed by atoms with van der Waals surface area (Å²) in [7, 11) is 0. The predicted molar refractivity (Wildman–Crippen MR) is 98.5 cm³/mol. The van der Waals surface area contributed by atoms with Crippen LogP contribution in [0.15, 0.2) is 66.9 Å². The van der Waals surface area contributed by atoms with Gasteiger partial charge in [0.15, 0.2) is 0 Å². The van der Waals surface area contributed by atoms with Crippen molar-refractivity contribution in [1.82, 2.24) is 20.5 Å². The van der Waals surface area contributed by atoms with Crippen molar-refractivity contribution in [3.8, 4) is 17.3 Å². The Balaban J connectivity index is 1.36. The zero-order valence-corrected chi connectivity index (χ0v) is 14.3. The van der Waals surface area contributed by atoms with Gasteiger partial charge in [0.1, 0.15) is 12.3 Å². The number of rotatable bonds is 8. The smallest absolute Gasteiger partial charge is 0.233 e. The number of aryl methyl sites for hydroxylation is 1. The second-order valence-electron chi connectivity index (χ2n) is 5.66. The maximum absolute atomic E-state index is 11.8. The van der Waals surface area contributed by atoms with Gasteiger partial charge in [0.2, 0.25) is 11.8 Å². The van der Waals surface area contributed by atoms with E-state index in [-0.39, 0.29) is 5.91 Å². The van der Waals surface area contributed by atoms with Gasteiger partial charge < -0.3 is 10.1 Å². The Labute approximate surface area is 152 Å². The molecule has 0 bridgehead atoms. The molecule has 6 nitrogen and oxygen atoms in total. The third-order valence-electron chi connectivity index (χ3n) is 3.73. The number of ether oxygens (including phenoxy) is 1. The summed E-state index contributed by atoms with van der Waals surface area (Å²) in [4.78, 5) is 16.0. The number of carbonyl (C=O) groups is 1. The van der Waals surface area contributed by atoms with E-state index in [1.165, 1.54) is 0 Å². The number of carbonyl (C=O) groups excluding carboxylic acids is 1. The van der Waals surface area contributed by atoms with Crippen LogP contribution in [0.1, 0.15) is 12.0 Å². The molecule has 3 rings (SSSR count). The first-order chi connectivity index (χ1) is 12.8. The molecule has 0 saturated heterocycles. The van der Waals surface area contributed by atoms with Crippen molar-refractivity contribution < 1.29 is 9.53 Å². The molecular weight excluding hydrogens is 328 g/mol. The molecule has 1 N–H and O–H groups in total. The summed E-state index contributed by atoms with van der Waals surface area (Å²) in [6.45, 7) is 0.770. The molecule has 0 radical (unpaired) electrons. The summed E-state index contributed by atoms with van der Waals surface area (Å²) in [5.74, 6) is 0.428. The number of amides is 1. The third-order valence-corrected chi connectivity index (χ3v) is 3.73. The minimum atomic E-state index is 0.00837. The van der Waals surface area contributed by atoms with Gasteiger partial charge in [-0.25, -0.2) is 0 Å². The fraction of sp³-hybridized carbons (Fsp3) is 0.200. The van der Waals surface area contributed by atoms with Crippen molar-refractivity contribution in [1.29, 1.82) is 0 Å². The first-order valence-corrected chi connectivity index (χ1v) is 8.50. The van der Waals surface area contributed by atoms with Gasteiger partial charge in [-0.05, 0) is 30.2 Å². The lowest BCUT2D eigenvalue weighted by Gasteiger charge is -2.07. The highest BCUT2D eigenvalue weighted by molar-refractivity contribution is 5.76. The molecule has 0 unspecified atom stereocenters. The summed E-state index contributed by atoms with van der Waals surface area (Å²) in [6, 6.07) is 19.1. The average Bonchev–Trinajstić information content (AvgIpc) is 2.71. The van der Waals surface area contributed by atoms with Crippen LogP contribution in [0.2, 0.25) is 0 Å². The van der Waals surface area contributed by atoms with Crippen LogP contribution in [-0.2, 0) is 11.2 Å². The van der Waals surface area contributed by atoms with E-state index in [0.29, 0.717) is 31.1 Å². The van der Waals surface area contributed by atoms with Gasteiger partial charge in [0.05, 0.1) is 12.2 Å². The summed E-state index contributed by atoms with van der Waals surface area (Å²) in [6.07, 6.45) is 2.90. The molecule has 0 saturated carbocycles. The monoisotopic (exact) mass is 348 g/mol. The van der Waals surface area contributed by atoms with Gasteiger partial charge in [0, 0.05) is 18.7 Å². The van der Waals surface area contributed by atoms with Crippen molar-refractivity contribution in [2.24, 2.45) is 0 Å². The summed E-state index contributed by atoms with van der Waals surface area (Å²) in [5.41, 5.74) is 2.60. The van der Waals surface area contributed by atoms with Crippen molar-refractivity contribution >= 4 is 5.91 Å². The number of hydrogen-bond acceptors (Lipinski definition) is 5. The Kier molecular flexibility index (Phi) is 6.25. The van der Waals surface area contributed by atoms with Crippen molar-refractivity contribution in [2.75, 3.05) is 13.2 Å². The molecule has 1 aromatic carbocycles. The molecule has 1 amide bonds. The molecule has 0 aliphatic heterocycles. The van der Waals surface area contributed by atoms with Crippen LogP contribution >= 0.6 is 0 Å². The second kappa shape index (κ2) is 9.27. The Hall–Kier alpha value is -3.28. The van der Waals surface area contributed by atoms with Crippen molar-refractivity contribution in [3.05, 3.63) is 72.4 Å². The second-order valence-corrected chi connectivity index (χ2v) is 5.66. The van der Waals surface area contributed by atoms with E-state index in [1.54, 1.807) is 12.3 Å². The quantitative estimate of drug-likeness (QED) is 0.633. The van der Waals surface area contributed by atoms with Crippen LogP contribution in [0.25, 0.3) is 11.4 Å². The van der Waals surface area contributed by atoms with E-state index in [4.69, 9.17) is 4.74 Å². The third kappa shape index (κ3) is 5.37. The molecule has 0 atom stereocenters. The maximum atomic E-state index is 11.8. The van der Waals surface area contributed by atoms with Crippen molar-refractivity contribution in [3.63, 3.8) is 0 Å². The van der Waals surface area contributed by atoms with E-state index in [2.05, 4.69) is 20.5 Å². The number of pyridine rings is 1. The van der Waals surface area contributed by atoms with Crippen LogP contribution in [0.4, 0.5) is 0 Å². The zero-order chi connectivity index (χ0) is 18.0. The minimum Gasteiger partial charge on any atom is -0.475 e. The van der Waals surface area contributed by atoms with Crippen LogP contribution in [0.3, 0.4) is 0 Å². The topological polar surface area (TPSA) is 77.0 Å². The number of nitrogens with zero attached hydrogens (tertiary/aromatic N) is 3. The molecule has 2 aromatic heterocycles. The molecule has 0 spiro atoms. The number of aromatic nitrogens is 3. The summed E-state index contributed by atoms with van der Waals surface area (Å²) >= 11 is 0. The molecule has 6 heteroatoms. The SMILES string of the molecule is O=C(CCc1ccccc1)NCCOc1ccc(-c2ccccn2)nn1. The summed E-state index contributed by atoms with van der Waals surface area (Å²) in [5, 5.41) is 11.0. The lowest BCUT2D eigenvalue weighted by molar-refractivity contribution is -0.121. The van der Waals surface area contributed by atoms with Crippen LogP contribution in [0, 0.1) is 0 Å². The Morgan fingerprint density at radius 1 is 0.923 bits per heavy atom. The van der Waals surface area contributed by atoms with Crippen molar-refractivity contribution in [2.45, 2.75) is 12.8 Å². The van der Waals surface area contributed by atoms with Gasteiger partial charge >= 0.3 is 0 Å². The maximum Gasteiger partial charge on any atom is 0.233 e. The van der Waals surface area contributed by atoms with E-state index >= 15 is 0 Å². The lowest BCUT2D eigenvalue weighted by atomic mass is 10.1. The van der Waals surface area contributed by atoms with Gasteiger partial charge in [-0.2, -0.15) is 0 Å². The van der Waals surface area contributed by atoms with Crippen LogP contribution < -0.4 is 10.1 Å². The van der Waals surface area contributed by atoms with E-state index in [1.807, 2.05) is 54.6 Å². The van der Waals surface area contributed by atoms with Crippen LogP contribution in [-0.4, -0.2) is 34.2 Å². The molecule has 0 aliphatic carbocycles. The number of nitrogens with one attached hydrogen (secondary N) is 1. The van der Waals surface area contributed by atoms with Gasteiger partial charge in [0.25, 0.3) is 0 Å². The highest BCUT2D eigenvalue weighted by Gasteiger charge is 2.04. The summed E-state index contributed by atoms with van der Waals surface area (Å²) < 4.78 is 5.50. The van der Waals surface area contributed by atoms with Gasteiger partial charge in [-0.1, -0.05) is 36.4 Å². The van der Waals surface area contributed by atoms with E-state index in [9.17, 15) is 4.79 Å². The Bertz CT molecular complexity index is 808. The van der Waals surface area contributed by atoms with Crippen LogP contribution in [0.5, 0.6) is 5.88 Å². The first kappa shape index (κ1) is 17.5. The molecule has 26 heavy (non-hydrogen) atoms. The molecule has 0 aliphatic rings. The Morgan fingerprint density at radius 3 is 2.50 bits per heavy atom. The highest BCUT2D eigenvalue weighted by atomic mass is 16.5. The molecule has 0 fully saturated rings. The Morgan fingerprint density at radius 2 is 1.77 bits per heavy atom. The molecule has 2 heterocycles. The van der Waals surface area contributed by atoms with E-state index in [0.717, 1.165) is 17.7 Å². The van der Waals surface area contributed by atoms with E-state index < -0.39 is 0 Å². The first-order valence-electron chi connectivity index (χ1n) is 8.50. The zero-order valence-electron chi connectivity index (χ0n) is 14.3. The van der Waals surface area contributed by atoms with Gasteiger partial charge in [-0.15, -0.1) is 10.2 Å². The largest absolute Gasteiger partial charge is 0.475 e. The normalized spacial score (nSPS) is 10.3. The molecule has 132 valence electrons. The standard InChI is InChI=1S/C20H20N4O2/c25-19(11-9-16-6-2-1-3-7-16)22-14-15-26-20-12-10-18(23-24-20)17-8-4-5-13-21-17/h1-8,10,12-13H,9,11,14-15H2,(H,22,25). The number of benzene rings is 1. The average molecular weight is 348 g/mol. The molecular formula is C20H20N4O2. The fourth-order valence-electron chi connectivity index (χ4n) is 2.38. The fourth-order valence-corrected chi connectivity index (χ4v) is 2.38. The van der Waals surface area contributed by atoms with Gasteiger partial charge in [-0.3, -0.25) is 9.78 Å². The minimum absolute atomic E-state index is 0.00837. The number of hydrogen-bond donors (Lipinski definition) is 1. The highest BCUT2D eigenvalue weighted by Crippen LogP contribution is 2.14. The predicted octanol–water partition coefficient (Wildman–Crippen LogP) is 2.67. The molecule has 3 aromatic rings. The lowest BCUT2D eigenvalue weighted by Crippen LogP contribution is -2.28.